The smallest absolute Gasteiger partial charge is 0.274 e. The Bertz CT molecular complexity index is 645. The second-order valence-electron chi connectivity index (χ2n) is 5.61. The molecule has 1 fully saturated rings. The summed E-state index contributed by atoms with van der Waals surface area (Å²) in [6, 6.07) is 5.72. The third kappa shape index (κ3) is 3.12. The van der Waals surface area contributed by atoms with Gasteiger partial charge in [-0.25, -0.2) is 4.98 Å². The molecule has 6 nitrogen and oxygen atoms in total. The number of amides is 1. The molecule has 6 heteroatoms. The molecule has 0 aliphatic carbocycles. The molecule has 0 saturated carbocycles. The zero-order chi connectivity index (χ0) is 15.5. The average molecular weight is 298 g/mol. The van der Waals surface area contributed by atoms with E-state index >= 15 is 0 Å². The van der Waals surface area contributed by atoms with E-state index in [0.29, 0.717) is 25.2 Å². The van der Waals surface area contributed by atoms with Gasteiger partial charge in [-0.2, -0.15) is 0 Å². The summed E-state index contributed by atoms with van der Waals surface area (Å²) in [5, 5.41) is 10.2. The molecule has 0 spiro atoms. The molecule has 1 aliphatic heterocycles. The van der Waals surface area contributed by atoms with Crippen molar-refractivity contribution in [3.8, 4) is 0 Å². The van der Waals surface area contributed by atoms with Crippen molar-refractivity contribution in [2.75, 3.05) is 13.1 Å². The van der Waals surface area contributed by atoms with Crippen molar-refractivity contribution in [3.63, 3.8) is 0 Å². The van der Waals surface area contributed by atoms with E-state index in [0.717, 1.165) is 11.4 Å². The Kier molecular flexibility index (Phi) is 4.11. The first-order chi connectivity index (χ1) is 10.6. The third-order valence-corrected chi connectivity index (χ3v) is 3.89. The van der Waals surface area contributed by atoms with Gasteiger partial charge in [-0.05, 0) is 25.5 Å². The summed E-state index contributed by atoms with van der Waals surface area (Å²) in [5.74, 6) is -0.188. The zero-order valence-corrected chi connectivity index (χ0v) is 12.4. The van der Waals surface area contributed by atoms with Crippen LogP contribution in [-0.2, 0) is 6.42 Å². The quantitative estimate of drug-likeness (QED) is 0.909. The maximum Gasteiger partial charge on any atom is 0.274 e. The summed E-state index contributed by atoms with van der Waals surface area (Å²) in [6.07, 6.45) is 4.91. The lowest BCUT2D eigenvalue weighted by atomic mass is 10.00. The summed E-state index contributed by atoms with van der Waals surface area (Å²) < 4.78 is 0. The standard InChI is InChI=1S/C16H18N4O2/c1-11-7-19-14(8-18-11)16(22)20-9-12(15(21)10-20)6-13-4-2-3-5-17-13/h2-5,7-8,12,15,21H,6,9-10H2,1H3/t12-,15-/m1/s1. The van der Waals surface area contributed by atoms with Gasteiger partial charge in [-0.15, -0.1) is 0 Å². The Balaban J connectivity index is 1.67. The highest BCUT2D eigenvalue weighted by Gasteiger charge is 2.35. The summed E-state index contributed by atoms with van der Waals surface area (Å²) in [5.41, 5.74) is 2.01. The number of likely N-dealkylation sites (tertiary alicyclic amines) is 1. The van der Waals surface area contributed by atoms with Crippen LogP contribution < -0.4 is 0 Å². The number of aromatic nitrogens is 3. The van der Waals surface area contributed by atoms with Gasteiger partial charge in [0.25, 0.3) is 5.91 Å². The molecule has 0 unspecified atom stereocenters. The van der Waals surface area contributed by atoms with Crippen LogP contribution in [0.2, 0.25) is 0 Å². The number of pyridine rings is 1. The molecule has 0 radical (unpaired) electrons. The molecule has 1 amide bonds. The number of nitrogens with zero attached hydrogens (tertiary/aromatic N) is 4. The lowest BCUT2D eigenvalue weighted by Gasteiger charge is -2.15. The van der Waals surface area contributed by atoms with Gasteiger partial charge < -0.3 is 10.0 Å². The van der Waals surface area contributed by atoms with E-state index in [4.69, 9.17) is 0 Å². The van der Waals surface area contributed by atoms with E-state index < -0.39 is 6.10 Å². The molecule has 1 aliphatic rings. The van der Waals surface area contributed by atoms with Crippen molar-refractivity contribution in [2.45, 2.75) is 19.4 Å². The molecule has 0 bridgehead atoms. The normalized spacial score (nSPS) is 21.1. The molecular weight excluding hydrogens is 280 g/mol. The van der Waals surface area contributed by atoms with Crippen molar-refractivity contribution in [1.29, 1.82) is 0 Å². The van der Waals surface area contributed by atoms with Crippen LogP contribution in [0.1, 0.15) is 21.9 Å². The highest BCUT2D eigenvalue weighted by atomic mass is 16.3. The predicted molar refractivity (Wildman–Crippen MR) is 80.1 cm³/mol. The van der Waals surface area contributed by atoms with Crippen LogP contribution in [0.25, 0.3) is 0 Å². The van der Waals surface area contributed by atoms with E-state index in [2.05, 4.69) is 15.0 Å². The first-order valence-electron chi connectivity index (χ1n) is 7.29. The van der Waals surface area contributed by atoms with Gasteiger partial charge in [-0.1, -0.05) is 6.07 Å². The summed E-state index contributed by atoms with van der Waals surface area (Å²) in [4.78, 5) is 26.5. The zero-order valence-electron chi connectivity index (χ0n) is 12.4. The maximum atomic E-state index is 12.4. The summed E-state index contributed by atoms with van der Waals surface area (Å²) in [7, 11) is 0. The van der Waals surface area contributed by atoms with Gasteiger partial charge in [-0.3, -0.25) is 14.8 Å². The van der Waals surface area contributed by atoms with Gasteiger partial charge in [0, 0.05) is 37.1 Å². The molecular formula is C16H18N4O2. The van der Waals surface area contributed by atoms with Crippen molar-refractivity contribution < 1.29 is 9.90 Å². The Morgan fingerprint density at radius 2 is 2.14 bits per heavy atom. The van der Waals surface area contributed by atoms with Crippen LogP contribution in [0.15, 0.2) is 36.8 Å². The molecule has 2 aromatic heterocycles. The van der Waals surface area contributed by atoms with Crippen LogP contribution in [-0.4, -0.2) is 50.1 Å². The van der Waals surface area contributed by atoms with Crippen LogP contribution >= 0.6 is 0 Å². The van der Waals surface area contributed by atoms with E-state index in [9.17, 15) is 9.90 Å². The van der Waals surface area contributed by atoms with E-state index in [1.54, 1.807) is 17.3 Å². The second kappa shape index (κ2) is 6.19. The van der Waals surface area contributed by atoms with Gasteiger partial charge >= 0.3 is 0 Å². The van der Waals surface area contributed by atoms with Crippen LogP contribution in [0.5, 0.6) is 0 Å². The monoisotopic (exact) mass is 298 g/mol. The van der Waals surface area contributed by atoms with Crippen LogP contribution in [0, 0.1) is 12.8 Å². The van der Waals surface area contributed by atoms with Crippen LogP contribution in [0.3, 0.4) is 0 Å². The molecule has 2 aromatic rings. The number of hydrogen-bond acceptors (Lipinski definition) is 5. The van der Waals surface area contributed by atoms with Gasteiger partial charge in [0.05, 0.1) is 18.0 Å². The fourth-order valence-corrected chi connectivity index (χ4v) is 2.67. The second-order valence-corrected chi connectivity index (χ2v) is 5.61. The maximum absolute atomic E-state index is 12.4. The van der Waals surface area contributed by atoms with E-state index in [1.165, 1.54) is 6.20 Å². The van der Waals surface area contributed by atoms with E-state index in [-0.39, 0.29) is 11.8 Å². The highest BCUT2D eigenvalue weighted by molar-refractivity contribution is 5.92. The Morgan fingerprint density at radius 1 is 1.27 bits per heavy atom. The Labute approximate surface area is 128 Å². The first-order valence-corrected chi connectivity index (χ1v) is 7.29. The molecule has 3 rings (SSSR count). The largest absolute Gasteiger partial charge is 0.391 e. The summed E-state index contributed by atoms with van der Waals surface area (Å²) >= 11 is 0. The van der Waals surface area contributed by atoms with Crippen molar-refractivity contribution >= 4 is 5.91 Å². The molecule has 1 N–H and O–H groups in total. The fraction of sp³-hybridized carbons (Fsp3) is 0.375. The predicted octanol–water partition coefficient (Wildman–Crippen LogP) is 0.856. The highest BCUT2D eigenvalue weighted by Crippen LogP contribution is 2.22. The number of carbonyl (C=O) groups is 1. The average Bonchev–Trinajstić information content (AvgIpc) is 2.89. The van der Waals surface area contributed by atoms with Gasteiger partial charge in [0.1, 0.15) is 5.69 Å². The minimum atomic E-state index is -0.538. The number of β-amino-alcohol motifs (C(OH)–C–C–N with tert-alkyl or cyclic N) is 1. The lowest BCUT2D eigenvalue weighted by Crippen LogP contribution is -2.30. The molecule has 1 saturated heterocycles. The van der Waals surface area contributed by atoms with Crippen molar-refractivity contribution in [3.05, 3.63) is 53.9 Å². The van der Waals surface area contributed by atoms with Gasteiger partial charge in [0.2, 0.25) is 0 Å². The van der Waals surface area contributed by atoms with Gasteiger partial charge in [0.15, 0.2) is 0 Å². The number of hydrogen-bond donors (Lipinski definition) is 1. The number of carbonyl (C=O) groups excluding carboxylic acids is 1. The molecule has 0 aromatic carbocycles. The molecule has 22 heavy (non-hydrogen) atoms. The molecule has 3 heterocycles. The number of aliphatic hydroxyl groups excluding tert-OH is 1. The minimum absolute atomic E-state index is 0.00254. The SMILES string of the molecule is Cc1cnc(C(=O)N2C[C@@H](Cc3ccccn3)[C@H](O)C2)cn1. The molecule has 2 atom stereocenters. The first kappa shape index (κ1) is 14.6. The number of aryl methyl sites for hydroxylation is 1. The van der Waals surface area contributed by atoms with E-state index in [1.807, 2.05) is 25.1 Å². The lowest BCUT2D eigenvalue weighted by molar-refractivity contribution is 0.0758. The topological polar surface area (TPSA) is 79.2 Å². The van der Waals surface area contributed by atoms with Crippen LogP contribution in [0.4, 0.5) is 0 Å². The third-order valence-electron chi connectivity index (χ3n) is 3.89. The van der Waals surface area contributed by atoms with Crippen molar-refractivity contribution in [1.82, 2.24) is 19.9 Å². The molecule has 114 valence electrons. The van der Waals surface area contributed by atoms with Crippen molar-refractivity contribution in [2.24, 2.45) is 5.92 Å². The Hall–Kier alpha value is -2.34. The summed E-state index contributed by atoms with van der Waals surface area (Å²) in [6.45, 7) is 2.65. The fourth-order valence-electron chi connectivity index (χ4n) is 2.67. The minimum Gasteiger partial charge on any atom is -0.391 e. The number of aliphatic hydroxyl groups is 1. The number of rotatable bonds is 3. The Morgan fingerprint density at radius 3 is 2.82 bits per heavy atom.